The average Bonchev–Trinajstić information content (AvgIpc) is 2.98. The Morgan fingerprint density at radius 3 is 2.27 bits per heavy atom. The molecule has 0 bridgehead atoms. The molecule has 0 spiro atoms. The lowest BCUT2D eigenvalue weighted by Gasteiger charge is -2.29. The molecule has 1 saturated carbocycles. The fourth-order valence-electron chi connectivity index (χ4n) is 4.28. The van der Waals surface area contributed by atoms with Crippen LogP contribution < -0.4 is 10.2 Å². The number of alkyl halides is 2. The van der Waals surface area contributed by atoms with Gasteiger partial charge in [0.25, 0.3) is 5.91 Å². The third kappa shape index (κ3) is 3.85. The third-order valence-corrected chi connectivity index (χ3v) is 8.66. The molecule has 1 heterocycles. The van der Waals surface area contributed by atoms with Crippen molar-refractivity contribution in [2.45, 2.75) is 35.8 Å². The van der Waals surface area contributed by atoms with Gasteiger partial charge in [0.15, 0.2) is 0 Å². The Labute approximate surface area is 192 Å². The van der Waals surface area contributed by atoms with Crippen LogP contribution in [0.1, 0.15) is 35.7 Å². The van der Waals surface area contributed by atoms with E-state index >= 15 is 0 Å². The molecule has 2 aromatic rings. The van der Waals surface area contributed by atoms with Crippen molar-refractivity contribution >= 4 is 61.0 Å². The number of fused-ring (bicyclic) bond motifs is 1. The van der Waals surface area contributed by atoms with Crippen molar-refractivity contribution in [3.05, 3.63) is 59.7 Å². The van der Waals surface area contributed by atoms with Gasteiger partial charge in [0.05, 0.1) is 17.5 Å². The molecule has 1 saturated heterocycles. The molecule has 0 radical (unpaired) electrons. The molecule has 30 heavy (non-hydrogen) atoms. The van der Waals surface area contributed by atoms with Crippen molar-refractivity contribution in [2.24, 2.45) is 11.8 Å². The maximum Gasteiger partial charge on any atom is 0.255 e. The van der Waals surface area contributed by atoms with E-state index in [0.29, 0.717) is 24.1 Å². The summed E-state index contributed by atoms with van der Waals surface area (Å²) in [5, 5.41) is 2.94. The largest absolute Gasteiger partial charge is 0.322 e. The summed E-state index contributed by atoms with van der Waals surface area (Å²) in [6.07, 6.45) is 2.05. The van der Waals surface area contributed by atoms with Gasteiger partial charge in [-0.2, -0.15) is 0 Å². The van der Waals surface area contributed by atoms with Crippen LogP contribution in [0.25, 0.3) is 0 Å². The van der Waals surface area contributed by atoms with Crippen LogP contribution in [0.3, 0.4) is 0 Å². The van der Waals surface area contributed by atoms with E-state index in [1.807, 2.05) is 31.2 Å². The van der Waals surface area contributed by atoms with Gasteiger partial charge in [0, 0.05) is 20.9 Å². The number of anilines is 2. The normalized spacial score (nSPS) is 25.9. The van der Waals surface area contributed by atoms with Crippen LogP contribution in [0.2, 0.25) is 0 Å². The van der Waals surface area contributed by atoms with Crippen molar-refractivity contribution in [2.75, 3.05) is 10.2 Å². The fraction of sp³-hybridized carbons (Fsp3) is 0.348. The minimum Gasteiger partial charge on any atom is -0.322 e. The van der Waals surface area contributed by atoms with Gasteiger partial charge < -0.3 is 5.32 Å². The second kappa shape index (κ2) is 8.63. The van der Waals surface area contributed by atoms with Crippen molar-refractivity contribution < 1.29 is 14.4 Å². The Hall–Kier alpha value is -1.99. The molecular weight excluding hydrogens is 512 g/mol. The smallest absolute Gasteiger partial charge is 0.255 e. The van der Waals surface area contributed by atoms with E-state index in [0.717, 1.165) is 17.7 Å². The topological polar surface area (TPSA) is 66.5 Å². The third-order valence-electron chi connectivity index (χ3n) is 5.92. The molecule has 5 nitrogen and oxygen atoms in total. The highest BCUT2D eigenvalue weighted by atomic mass is 79.9. The minimum atomic E-state index is -0.315. The molecule has 4 atom stereocenters. The predicted molar refractivity (Wildman–Crippen MR) is 124 cm³/mol. The SMILES string of the molecule is CCc1ccccc1NC(=O)c1cccc(N2C(=O)[C@H]3C[C@@H](Br)[C@@H](Br)C[C@H]3C2=O)c1. The Balaban J connectivity index is 1.58. The monoisotopic (exact) mass is 532 g/mol. The number of nitrogens with zero attached hydrogens (tertiary/aromatic N) is 1. The summed E-state index contributed by atoms with van der Waals surface area (Å²) in [7, 11) is 0. The van der Waals surface area contributed by atoms with Gasteiger partial charge in [-0.1, -0.05) is 63.0 Å². The summed E-state index contributed by atoms with van der Waals surface area (Å²) in [5.74, 6) is -1.25. The highest BCUT2D eigenvalue weighted by Gasteiger charge is 2.52. The van der Waals surface area contributed by atoms with Crippen LogP contribution in [0.4, 0.5) is 11.4 Å². The van der Waals surface area contributed by atoms with Gasteiger partial charge in [-0.25, -0.2) is 0 Å². The number of para-hydroxylation sites is 1. The van der Waals surface area contributed by atoms with E-state index in [9.17, 15) is 14.4 Å². The number of carbonyl (C=O) groups excluding carboxylic acids is 3. The molecule has 7 heteroatoms. The van der Waals surface area contributed by atoms with E-state index in [1.54, 1.807) is 24.3 Å². The number of amides is 3. The number of hydrogen-bond donors (Lipinski definition) is 1. The van der Waals surface area contributed by atoms with Gasteiger partial charge in [-0.3, -0.25) is 19.3 Å². The standard InChI is InChI=1S/C23H22Br2N2O3/c1-2-13-6-3-4-9-20(13)26-21(28)14-7-5-8-15(10-14)27-22(29)16-11-18(24)19(25)12-17(16)23(27)30/h3-10,16-19H,2,11-12H2,1H3,(H,26,28)/t16-,17+,18+,19-. The van der Waals surface area contributed by atoms with Gasteiger partial charge >= 0.3 is 0 Å². The molecule has 4 rings (SSSR count). The second-order valence-corrected chi connectivity index (χ2v) is 10.1. The first-order valence-corrected chi connectivity index (χ1v) is 11.9. The molecule has 2 fully saturated rings. The molecule has 2 aromatic carbocycles. The molecule has 2 aliphatic rings. The molecule has 3 amide bonds. The molecule has 1 aliphatic carbocycles. The number of aryl methyl sites for hydroxylation is 1. The van der Waals surface area contributed by atoms with Crippen molar-refractivity contribution in [1.82, 2.24) is 0 Å². The fourth-order valence-corrected chi connectivity index (χ4v) is 5.52. The van der Waals surface area contributed by atoms with Gasteiger partial charge in [-0.15, -0.1) is 0 Å². The number of nitrogens with one attached hydrogen (secondary N) is 1. The van der Waals surface area contributed by atoms with Crippen molar-refractivity contribution in [1.29, 1.82) is 0 Å². The van der Waals surface area contributed by atoms with Crippen molar-refractivity contribution in [3.8, 4) is 0 Å². The quantitative estimate of drug-likeness (QED) is 0.447. The number of carbonyl (C=O) groups is 3. The lowest BCUT2D eigenvalue weighted by Crippen LogP contribution is -2.34. The van der Waals surface area contributed by atoms with Crippen molar-refractivity contribution in [3.63, 3.8) is 0 Å². The number of hydrogen-bond acceptors (Lipinski definition) is 3. The van der Waals surface area contributed by atoms with Crippen LogP contribution in [0, 0.1) is 11.8 Å². The molecule has 1 aliphatic heterocycles. The predicted octanol–water partition coefficient (Wildman–Crippen LogP) is 4.93. The summed E-state index contributed by atoms with van der Waals surface area (Å²) in [6.45, 7) is 2.03. The second-order valence-electron chi connectivity index (χ2n) is 7.74. The van der Waals surface area contributed by atoms with Crippen LogP contribution in [0.15, 0.2) is 48.5 Å². The van der Waals surface area contributed by atoms with Gasteiger partial charge in [0.1, 0.15) is 0 Å². The summed E-state index contributed by atoms with van der Waals surface area (Å²) >= 11 is 7.21. The molecule has 0 unspecified atom stereocenters. The van der Waals surface area contributed by atoms with E-state index in [2.05, 4.69) is 37.2 Å². The summed E-state index contributed by atoms with van der Waals surface area (Å²) in [4.78, 5) is 40.5. The Kier molecular flexibility index (Phi) is 6.11. The van der Waals surface area contributed by atoms with Gasteiger partial charge in [0.2, 0.25) is 11.8 Å². The maximum atomic E-state index is 13.0. The summed E-state index contributed by atoms with van der Waals surface area (Å²) in [5.41, 5.74) is 2.67. The highest BCUT2D eigenvalue weighted by Crippen LogP contribution is 2.44. The van der Waals surface area contributed by atoms with E-state index in [1.165, 1.54) is 4.90 Å². The molecule has 156 valence electrons. The lowest BCUT2D eigenvalue weighted by atomic mass is 9.81. The highest BCUT2D eigenvalue weighted by molar-refractivity contribution is 9.12. The van der Waals surface area contributed by atoms with Crippen LogP contribution in [-0.2, 0) is 16.0 Å². The maximum absolute atomic E-state index is 13.0. The van der Waals surface area contributed by atoms with E-state index in [4.69, 9.17) is 0 Å². The average molecular weight is 534 g/mol. The first-order chi connectivity index (χ1) is 14.4. The summed E-state index contributed by atoms with van der Waals surface area (Å²) in [6, 6.07) is 14.4. The zero-order valence-corrected chi connectivity index (χ0v) is 19.6. The number of benzene rings is 2. The molecular formula is C23H22Br2N2O3. The van der Waals surface area contributed by atoms with Gasteiger partial charge in [-0.05, 0) is 49.1 Å². The van der Waals surface area contributed by atoms with Crippen LogP contribution in [0.5, 0.6) is 0 Å². The first kappa shape index (κ1) is 21.2. The zero-order chi connectivity index (χ0) is 21.4. The van der Waals surface area contributed by atoms with E-state index < -0.39 is 0 Å². The number of imide groups is 1. The minimum absolute atomic E-state index is 0.159. The first-order valence-electron chi connectivity index (χ1n) is 10.1. The Morgan fingerprint density at radius 2 is 1.63 bits per heavy atom. The molecule has 1 N–H and O–H groups in total. The zero-order valence-electron chi connectivity index (χ0n) is 16.5. The van der Waals surface area contributed by atoms with Crippen LogP contribution in [-0.4, -0.2) is 27.4 Å². The number of rotatable bonds is 4. The number of halogens is 2. The summed E-state index contributed by atoms with van der Waals surface area (Å²) < 4.78 is 0. The lowest BCUT2D eigenvalue weighted by molar-refractivity contribution is -0.122. The Morgan fingerprint density at radius 1 is 1.00 bits per heavy atom. The van der Waals surface area contributed by atoms with Crippen LogP contribution >= 0.6 is 31.9 Å². The van der Waals surface area contributed by atoms with E-state index in [-0.39, 0.29) is 39.2 Å². The molecule has 0 aromatic heterocycles. The Bertz CT molecular complexity index is 981.